The lowest BCUT2D eigenvalue weighted by atomic mass is 10.1. The molecule has 2 heterocycles. The number of ether oxygens (including phenoxy) is 2. The average Bonchev–Trinajstić information content (AvgIpc) is 3.81. The molecule has 2 unspecified atom stereocenters. The number of pyridine rings is 1. The van der Waals surface area contributed by atoms with Gasteiger partial charge in [0.05, 0.1) is 36.9 Å². The summed E-state index contributed by atoms with van der Waals surface area (Å²) in [5.74, 6) is 0.563. The van der Waals surface area contributed by atoms with Crippen molar-refractivity contribution >= 4 is 45.4 Å². The van der Waals surface area contributed by atoms with Crippen molar-refractivity contribution in [1.29, 1.82) is 0 Å². The number of hydrogen-bond donors (Lipinski definition) is 0. The van der Waals surface area contributed by atoms with Crippen molar-refractivity contribution in [2.75, 3.05) is 25.1 Å². The number of anilines is 1. The van der Waals surface area contributed by atoms with Crippen LogP contribution in [-0.4, -0.2) is 47.3 Å². The molecule has 2 aromatic heterocycles. The number of sulfonamides is 1. The Morgan fingerprint density at radius 1 is 0.850 bits per heavy atom. The first-order chi connectivity index (χ1) is 28.8. The predicted octanol–water partition coefficient (Wildman–Crippen LogP) is 8.21. The summed E-state index contributed by atoms with van der Waals surface area (Å²) in [5.41, 5.74) is 1.33. The van der Waals surface area contributed by atoms with Crippen molar-refractivity contribution in [3.63, 3.8) is 0 Å². The molecule has 1 fully saturated rings. The normalized spacial score (nSPS) is 15.5. The van der Waals surface area contributed by atoms with Gasteiger partial charge in [-0.25, -0.2) is 17.1 Å². The zero-order chi connectivity index (χ0) is 42.2. The predicted molar refractivity (Wildman–Crippen MR) is 233 cm³/mol. The molecular weight excluding hydrogens is 798 g/mol. The van der Waals surface area contributed by atoms with Gasteiger partial charge in [-0.15, -0.1) is 0 Å². The van der Waals surface area contributed by atoms with Gasteiger partial charge in [-0.05, 0) is 87.3 Å². The molecular formula is C47H46FN3O7SSi. The molecule has 0 amide bonds. The standard InChI is InChI=1S/C47H46FN3O7SSi/c1-47(2,3)60(37-12-8-6-9-13-37,38-14-10-7-11-15-38)58-31-34-27-39(34)40-28-44(56-5)43(29-41(40)48)51-42-22-21-36(26-33(42)18-23-46(51)52)59(53,54)50(45-24-25-57-49-45)30-32-16-19-35(55-4)20-17-32/h6-26,28-29,34,39H,27,30-31H2,1-5H3. The van der Waals surface area contributed by atoms with Gasteiger partial charge >= 0.3 is 0 Å². The second kappa shape index (κ2) is 16.2. The van der Waals surface area contributed by atoms with Crippen LogP contribution in [0.2, 0.25) is 5.04 Å². The molecule has 0 spiro atoms. The van der Waals surface area contributed by atoms with Crippen molar-refractivity contribution in [3.8, 4) is 17.2 Å². The quantitative estimate of drug-likeness (QED) is 0.101. The Bertz CT molecular complexity index is 2760. The molecule has 1 aliphatic carbocycles. The van der Waals surface area contributed by atoms with Crippen LogP contribution in [0.3, 0.4) is 0 Å². The third-order valence-corrected chi connectivity index (χ3v) is 18.2. The first kappa shape index (κ1) is 40.7. The minimum atomic E-state index is -4.20. The van der Waals surface area contributed by atoms with Crippen LogP contribution in [-0.2, 0) is 21.0 Å². The number of rotatable bonds is 14. The van der Waals surface area contributed by atoms with E-state index in [2.05, 4.69) is 74.5 Å². The van der Waals surface area contributed by atoms with Gasteiger partial charge in [0, 0.05) is 30.2 Å². The Hall–Kier alpha value is -6.02. The Labute approximate surface area is 349 Å². The molecule has 0 radical (unpaired) electrons. The summed E-state index contributed by atoms with van der Waals surface area (Å²) in [7, 11) is -3.95. The molecule has 8 rings (SSSR count). The number of halogens is 1. The van der Waals surface area contributed by atoms with Crippen molar-refractivity contribution in [2.24, 2.45) is 5.92 Å². The fraction of sp³-hybridized carbons (Fsp3) is 0.234. The van der Waals surface area contributed by atoms with E-state index in [1.165, 1.54) is 58.6 Å². The average molecular weight is 844 g/mol. The van der Waals surface area contributed by atoms with Crippen LogP contribution in [0.25, 0.3) is 16.6 Å². The second-order valence-electron chi connectivity index (χ2n) is 16.1. The molecule has 1 saturated carbocycles. The maximum atomic E-state index is 16.4. The number of aromatic nitrogens is 2. The molecule has 60 heavy (non-hydrogen) atoms. The second-order valence-corrected chi connectivity index (χ2v) is 22.2. The van der Waals surface area contributed by atoms with Gasteiger partial charge in [-0.2, -0.15) is 0 Å². The summed E-state index contributed by atoms with van der Waals surface area (Å²) in [4.78, 5) is 13.6. The molecule has 1 aliphatic rings. The van der Waals surface area contributed by atoms with Crippen LogP contribution < -0.4 is 29.7 Å². The fourth-order valence-corrected chi connectivity index (χ4v) is 14.3. The Morgan fingerprint density at radius 2 is 1.53 bits per heavy atom. The zero-order valence-electron chi connectivity index (χ0n) is 34.0. The van der Waals surface area contributed by atoms with Crippen LogP contribution in [0.4, 0.5) is 10.2 Å². The van der Waals surface area contributed by atoms with Gasteiger partial charge in [-0.3, -0.25) is 9.36 Å². The van der Waals surface area contributed by atoms with Crippen LogP contribution >= 0.6 is 0 Å². The molecule has 7 aromatic rings. The molecule has 0 saturated heterocycles. The maximum absolute atomic E-state index is 16.4. The van der Waals surface area contributed by atoms with Crippen molar-refractivity contribution in [1.82, 2.24) is 9.72 Å². The number of methoxy groups -OCH3 is 2. The highest BCUT2D eigenvalue weighted by Crippen LogP contribution is 2.51. The van der Waals surface area contributed by atoms with E-state index in [4.69, 9.17) is 18.4 Å². The van der Waals surface area contributed by atoms with Gasteiger partial charge < -0.3 is 18.4 Å². The number of benzene rings is 5. The van der Waals surface area contributed by atoms with E-state index >= 15 is 4.39 Å². The number of fused-ring (bicyclic) bond motifs is 1. The Balaban J connectivity index is 1.09. The first-order valence-electron chi connectivity index (χ1n) is 19.7. The molecule has 0 N–H and O–H groups in total. The van der Waals surface area contributed by atoms with E-state index in [0.29, 0.717) is 40.1 Å². The first-order valence-corrected chi connectivity index (χ1v) is 23.0. The highest BCUT2D eigenvalue weighted by Gasteiger charge is 2.52. The minimum absolute atomic E-state index is 0.0351. The molecule has 13 heteroatoms. The van der Waals surface area contributed by atoms with Gasteiger partial charge in [0.25, 0.3) is 23.9 Å². The summed E-state index contributed by atoms with van der Waals surface area (Å²) in [6.07, 6.45) is 2.05. The van der Waals surface area contributed by atoms with E-state index in [1.807, 2.05) is 12.1 Å². The molecule has 0 bridgehead atoms. The van der Waals surface area contributed by atoms with Crippen LogP contribution in [0.15, 0.2) is 154 Å². The third kappa shape index (κ3) is 7.52. The van der Waals surface area contributed by atoms with Gasteiger partial charge in [0.15, 0.2) is 5.82 Å². The van der Waals surface area contributed by atoms with Gasteiger partial charge in [0.1, 0.15) is 23.6 Å². The zero-order valence-corrected chi connectivity index (χ0v) is 35.9. The summed E-state index contributed by atoms with van der Waals surface area (Å²) in [6.45, 7) is 7.13. The van der Waals surface area contributed by atoms with Crippen molar-refractivity contribution < 1.29 is 31.2 Å². The van der Waals surface area contributed by atoms with Gasteiger partial charge in [-0.1, -0.05) is 98.7 Å². The summed E-state index contributed by atoms with van der Waals surface area (Å²) >= 11 is 0. The third-order valence-electron chi connectivity index (χ3n) is 11.4. The lowest BCUT2D eigenvalue weighted by Gasteiger charge is -2.43. The highest BCUT2D eigenvalue weighted by molar-refractivity contribution is 7.92. The molecule has 2 atom stereocenters. The van der Waals surface area contributed by atoms with E-state index in [0.717, 1.165) is 10.7 Å². The summed E-state index contributed by atoms with van der Waals surface area (Å²) < 4.78 is 70.7. The van der Waals surface area contributed by atoms with E-state index in [1.54, 1.807) is 49.6 Å². The fourth-order valence-electron chi connectivity index (χ4n) is 8.27. The van der Waals surface area contributed by atoms with Crippen molar-refractivity contribution in [3.05, 3.63) is 167 Å². The van der Waals surface area contributed by atoms with Crippen molar-refractivity contribution in [2.45, 2.75) is 49.6 Å². The monoisotopic (exact) mass is 843 g/mol. The Kier molecular flexibility index (Phi) is 11.0. The summed E-state index contributed by atoms with van der Waals surface area (Å²) in [6, 6.07) is 39.7. The largest absolute Gasteiger partial charge is 0.497 e. The number of hydrogen-bond acceptors (Lipinski definition) is 8. The molecule has 5 aromatic carbocycles. The van der Waals surface area contributed by atoms with Crippen LogP contribution in [0, 0.1) is 11.7 Å². The lowest BCUT2D eigenvalue weighted by molar-refractivity contribution is 0.278. The van der Waals surface area contributed by atoms with E-state index < -0.39 is 29.7 Å². The number of nitrogens with zero attached hydrogens (tertiary/aromatic N) is 3. The van der Waals surface area contributed by atoms with E-state index in [9.17, 15) is 13.2 Å². The molecule has 0 aliphatic heterocycles. The molecule has 10 nitrogen and oxygen atoms in total. The molecule has 308 valence electrons. The summed E-state index contributed by atoms with van der Waals surface area (Å²) in [5, 5.41) is 6.54. The van der Waals surface area contributed by atoms with Crippen LogP contribution in [0.5, 0.6) is 11.5 Å². The van der Waals surface area contributed by atoms with Gasteiger partial charge in [0.2, 0.25) is 0 Å². The lowest BCUT2D eigenvalue weighted by Crippen LogP contribution is -2.66. The Morgan fingerprint density at radius 3 is 2.13 bits per heavy atom. The van der Waals surface area contributed by atoms with E-state index in [-0.39, 0.29) is 39.8 Å². The minimum Gasteiger partial charge on any atom is -0.497 e. The maximum Gasteiger partial charge on any atom is 0.265 e. The topological polar surface area (TPSA) is 113 Å². The van der Waals surface area contributed by atoms with Crippen LogP contribution in [0.1, 0.15) is 44.2 Å². The SMILES string of the molecule is COc1ccc(CN(c2ccon2)S(=O)(=O)c2ccc3c(ccc(=O)n3-c3cc(F)c(C4CC4CO[Si](c4ccccc4)(c4ccccc4)C(C)(C)C)cc3OC)c2)cc1. The smallest absolute Gasteiger partial charge is 0.265 e. The highest BCUT2D eigenvalue weighted by atomic mass is 32.2.